The first-order chi connectivity index (χ1) is 16.5. The van der Waals surface area contributed by atoms with Crippen molar-refractivity contribution < 1.29 is 38.1 Å². The second-order valence-electron chi connectivity index (χ2n) is 7.16. The Kier molecular flexibility index (Phi) is 17.5. The van der Waals surface area contributed by atoms with E-state index in [9.17, 15) is 19.2 Å². The van der Waals surface area contributed by atoms with Gasteiger partial charge in [0.15, 0.2) is 0 Å². The Bertz CT molecular complexity index is 626. The van der Waals surface area contributed by atoms with Crippen LogP contribution in [-0.2, 0) is 38.1 Å². The number of hydrogen-bond donors (Lipinski definition) is 3. The normalized spacial score (nSPS) is 13.0. The third kappa shape index (κ3) is 15.5. The Morgan fingerprint density at radius 3 is 1.79 bits per heavy atom. The molecule has 194 valence electrons. The molecule has 0 spiro atoms. The van der Waals surface area contributed by atoms with Crippen LogP contribution >= 0.6 is 0 Å². The average Bonchev–Trinajstić information content (AvgIpc) is 3.14. The lowest BCUT2D eigenvalue weighted by molar-refractivity contribution is -0.137. The van der Waals surface area contributed by atoms with Gasteiger partial charge in [-0.15, -0.1) is 0 Å². The van der Waals surface area contributed by atoms with Crippen LogP contribution in [0.4, 0.5) is 0 Å². The topological polar surface area (TPSA) is 145 Å². The molecule has 1 rings (SSSR count). The van der Waals surface area contributed by atoms with E-state index in [0.717, 1.165) is 18.0 Å². The molecule has 12 heteroatoms. The van der Waals surface area contributed by atoms with Gasteiger partial charge in [-0.05, 0) is 6.54 Å². The van der Waals surface area contributed by atoms with E-state index in [2.05, 4.69) is 16.0 Å². The molecule has 0 saturated carbocycles. The van der Waals surface area contributed by atoms with E-state index in [1.807, 2.05) is 6.92 Å². The fourth-order valence-electron chi connectivity index (χ4n) is 2.70. The lowest BCUT2D eigenvalue weighted by Gasteiger charge is -2.13. The van der Waals surface area contributed by atoms with Gasteiger partial charge in [0.25, 0.3) is 11.8 Å². The zero-order chi connectivity index (χ0) is 24.9. The van der Waals surface area contributed by atoms with E-state index >= 15 is 0 Å². The number of hydrogen-bond acceptors (Lipinski definition) is 9. The maximum absolute atomic E-state index is 11.7. The second kappa shape index (κ2) is 20.0. The van der Waals surface area contributed by atoms with Gasteiger partial charge >= 0.3 is 0 Å². The molecule has 1 aliphatic heterocycles. The van der Waals surface area contributed by atoms with E-state index in [1.165, 1.54) is 12.2 Å². The maximum atomic E-state index is 11.7. The smallest absolute Gasteiger partial charge is 0.253 e. The van der Waals surface area contributed by atoms with E-state index in [0.29, 0.717) is 72.4 Å². The average molecular weight is 487 g/mol. The van der Waals surface area contributed by atoms with Crippen LogP contribution in [-0.4, -0.2) is 114 Å². The molecule has 4 amide bonds. The minimum absolute atomic E-state index is 0.0255. The van der Waals surface area contributed by atoms with Gasteiger partial charge in [-0.25, -0.2) is 0 Å². The molecular weight excluding hydrogens is 448 g/mol. The number of ether oxygens (including phenoxy) is 4. The highest BCUT2D eigenvalue weighted by atomic mass is 16.6. The summed E-state index contributed by atoms with van der Waals surface area (Å²) in [5.41, 5.74) is 0. The summed E-state index contributed by atoms with van der Waals surface area (Å²) < 4.78 is 21.5. The van der Waals surface area contributed by atoms with Crippen molar-refractivity contribution in [2.24, 2.45) is 0 Å². The number of carbonyl (C=O) groups is 4. The quantitative estimate of drug-likeness (QED) is 0.124. The fourth-order valence-corrected chi connectivity index (χ4v) is 2.70. The molecule has 0 aromatic rings. The number of imide groups is 1. The number of nitrogens with one attached hydrogen (secondary N) is 3. The van der Waals surface area contributed by atoms with Gasteiger partial charge in [0.1, 0.15) is 0 Å². The Labute approximate surface area is 200 Å². The van der Waals surface area contributed by atoms with E-state index in [-0.39, 0.29) is 24.8 Å². The molecule has 0 fully saturated rings. The summed E-state index contributed by atoms with van der Waals surface area (Å²) in [5, 5.41) is 8.60. The van der Waals surface area contributed by atoms with E-state index in [1.54, 1.807) is 0 Å². The van der Waals surface area contributed by atoms with Crippen LogP contribution in [0.3, 0.4) is 0 Å². The van der Waals surface area contributed by atoms with Crippen molar-refractivity contribution in [1.82, 2.24) is 20.9 Å². The summed E-state index contributed by atoms with van der Waals surface area (Å²) >= 11 is 0. The molecule has 0 aliphatic carbocycles. The first kappa shape index (κ1) is 29.7. The van der Waals surface area contributed by atoms with Crippen LogP contribution in [0.1, 0.15) is 19.8 Å². The summed E-state index contributed by atoms with van der Waals surface area (Å²) in [5.74, 6) is -1.07. The fraction of sp³-hybridized carbons (Fsp3) is 0.727. The van der Waals surface area contributed by atoms with E-state index in [4.69, 9.17) is 18.9 Å². The second-order valence-corrected chi connectivity index (χ2v) is 7.16. The van der Waals surface area contributed by atoms with Crippen LogP contribution in [0.5, 0.6) is 0 Å². The Morgan fingerprint density at radius 1 is 0.706 bits per heavy atom. The Hall–Kier alpha value is -2.38. The molecule has 34 heavy (non-hydrogen) atoms. The van der Waals surface area contributed by atoms with E-state index < -0.39 is 11.8 Å². The number of carbonyl (C=O) groups excluding carboxylic acids is 4. The Balaban J connectivity index is 1.77. The largest absolute Gasteiger partial charge is 0.379 e. The highest BCUT2D eigenvalue weighted by Gasteiger charge is 2.23. The zero-order valence-corrected chi connectivity index (χ0v) is 20.0. The summed E-state index contributed by atoms with van der Waals surface area (Å²) in [6, 6.07) is 0. The van der Waals surface area contributed by atoms with Crippen molar-refractivity contribution >= 4 is 23.6 Å². The van der Waals surface area contributed by atoms with Gasteiger partial charge < -0.3 is 34.9 Å². The minimum Gasteiger partial charge on any atom is -0.379 e. The molecule has 1 aliphatic rings. The highest BCUT2D eigenvalue weighted by molar-refractivity contribution is 6.13. The van der Waals surface area contributed by atoms with Crippen LogP contribution in [0.25, 0.3) is 0 Å². The van der Waals surface area contributed by atoms with Crippen molar-refractivity contribution in [1.29, 1.82) is 0 Å². The molecule has 0 aromatic carbocycles. The molecule has 0 atom stereocenters. The molecule has 0 bridgehead atoms. The SMILES string of the molecule is CCNCCNC(=O)CCOCCOCCOCCOCCNC(=O)CCN1C(=O)C=CC1=O. The van der Waals surface area contributed by atoms with Crippen molar-refractivity contribution in [3.8, 4) is 0 Å². The predicted octanol–water partition coefficient (Wildman–Crippen LogP) is -1.40. The van der Waals surface area contributed by atoms with Crippen molar-refractivity contribution in [2.45, 2.75) is 19.8 Å². The van der Waals surface area contributed by atoms with Crippen LogP contribution in [0.15, 0.2) is 12.2 Å². The number of rotatable bonds is 22. The lowest BCUT2D eigenvalue weighted by Crippen LogP contribution is -2.35. The molecule has 0 radical (unpaired) electrons. The van der Waals surface area contributed by atoms with Gasteiger partial charge in [-0.2, -0.15) is 0 Å². The van der Waals surface area contributed by atoms with Crippen LogP contribution in [0, 0.1) is 0 Å². The number of amides is 4. The molecule has 1 heterocycles. The molecule has 0 saturated heterocycles. The highest BCUT2D eigenvalue weighted by Crippen LogP contribution is 2.03. The molecule has 12 nitrogen and oxygen atoms in total. The van der Waals surface area contributed by atoms with Gasteiger partial charge in [0.05, 0.1) is 52.9 Å². The standard InChI is InChI=1S/C22H38N4O8/c1-2-23-7-8-24-20(28)6-11-31-13-15-33-17-18-34-16-14-32-12-9-25-19(27)5-10-26-21(29)3-4-22(26)30/h3-4,23H,2,5-18H2,1H3,(H,24,28)(H,25,27). The molecule has 3 N–H and O–H groups in total. The minimum atomic E-state index is -0.396. The molecular formula is C22H38N4O8. The zero-order valence-electron chi connectivity index (χ0n) is 20.0. The first-order valence-corrected chi connectivity index (χ1v) is 11.6. The maximum Gasteiger partial charge on any atom is 0.253 e. The molecule has 0 unspecified atom stereocenters. The summed E-state index contributed by atoms with van der Waals surface area (Å²) in [6.45, 7) is 7.86. The first-order valence-electron chi connectivity index (χ1n) is 11.6. The van der Waals surface area contributed by atoms with Crippen molar-refractivity contribution in [2.75, 3.05) is 85.6 Å². The van der Waals surface area contributed by atoms with Gasteiger partial charge in [-0.3, -0.25) is 24.1 Å². The lowest BCUT2D eigenvalue weighted by atomic mass is 10.3. The van der Waals surface area contributed by atoms with Crippen LogP contribution < -0.4 is 16.0 Å². The van der Waals surface area contributed by atoms with Gasteiger partial charge in [0, 0.05) is 51.2 Å². The van der Waals surface area contributed by atoms with Crippen molar-refractivity contribution in [3.63, 3.8) is 0 Å². The molecule has 0 aromatic heterocycles. The van der Waals surface area contributed by atoms with Gasteiger partial charge in [-0.1, -0.05) is 6.92 Å². The third-order valence-corrected chi connectivity index (χ3v) is 4.50. The summed E-state index contributed by atoms with van der Waals surface area (Å²) in [6.07, 6.45) is 2.77. The van der Waals surface area contributed by atoms with Gasteiger partial charge in [0.2, 0.25) is 11.8 Å². The number of nitrogens with zero attached hydrogens (tertiary/aromatic N) is 1. The number of likely N-dealkylation sites (N-methyl/N-ethyl adjacent to an activating group) is 1. The summed E-state index contributed by atoms with van der Waals surface area (Å²) in [4.78, 5) is 47.0. The third-order valence-electron chi connectivity index (χ3n) is 4.50. The monoisotopic (exact) mass is 486 g/mol. The van der Waals surface area contributed by atoms with Crippen LogP contribution in [0.2, 0.25) is 0 Å². The van der Waals surface area contributed by atoms with Crippen molar-refractivity contribution in [3.05, 3.63) is 12.2 Å². The Morgan fingerprint density at radius 2 is 1.21 bits per heavy atom. The predicted molar refractivity (Wildman–Crippen MR) is 123 cm³/mol. The summed E-state index contributed by atoms with van der Waals surface area (Å²) in [7, 11) is 0.